The Labute approximate surface area is 150 Å². The molecular weight excluding hydrogens is 337 g/mol. The van der Waals surface area contributed by atoms with Crippen LogP contribution in [0.3, 0.4) is 0 Å². The molecule has 1 aliphatic rings. The van der Waals surface area contributed by atoms with Crippen LogP contribution in [0.5, 0.6) is 5.75 Å². The lowest BCUT2D eigenvalue weighted by atomic mass is 10.2. The molecule has 1 atom stereocenters. The van der Waals surface area contributed by atoms with Crippen molar-refractivity contribution < 1.29 is 18.7 Å². The van der Waals surface area contributed by atoms with Crippen molar-refractivity contribution in [3.63, 3.8) is 0 Å². The number of nitrogens with one attached hydrogen (secondary N) is 2. The average Bonchev–Trinajstić information content (AvgIpc) is 2.96. The van der Waals surface area contributed by atoms with Crippen LogP contribution in [0.4, 0.5) is 20.6 Å². The van der Waals surface area contributed by atoms with Gasteiger partial charge in [0, 0.05) is 24.3 Å². The van der Waals surface area contributed by atoms with Gasteiger partial charge in [0.2, 0.25) is 5.91 Å². The van der Waals surface area contributed by atoms with E-state index < -0.39 is 11.8 Å². The number of rotatable bonds is 5. The fourth-order valence-corrected chi connectivity index (χ4v) is 2.86. The lowest BCUT2D eigenvalue weighted by molar-refractivity contribution is -0.117. The normalized spacial score (nSPS) is 16.5. The Morgan fingerprint density at radius 2 is 2.04 bits per heavy atom. The van der Waals surface area contributed by atoms with Gasteiger partial charge in [0.25, 0.3) is 0 Å². The van der Waals surface area contributed by atoms with Crippen LogP contribution in [0.15, 0.2) is 48.5 Å². The van der Waals surface area contributed by atoms with Gasteiger partial charge in [-0.3, -0.25) is 4.79 Å². The second kappa shape index (κ2) is 7.86. The molecule has 0 aliphatic carbocycles. The summed E-state index contributed by atoms with van der Waals surface area (Å²) in [6, 6.07) is 12.1. The fourth-order valence-electron chi connectivity index (χ4n) is 2.86. The molecule has 0 radical (unpaired) electrons. The summed E-state index contributed by atoms with van der Waals surface area (Å²) in [5.41, 5.74) is 1.11. The Morgan fingerprint density at radius 3 is 2.73 bits per heavy atom. The number of nitrogens with zero attached hydrogens (tertiary/aromatic N) is 1. The van der Waals surface area contributed by atoms with Crippen LogP contribution in [0.25, 0.3) is 0 Å². The summed E-state index contributed by atoms with van der Waals surface area (Å²) in [6.07, 6.45) is 0.212. The summed E-state index contributed by atoms with van der Waals surface area (Å²) in [7, 11) is 0. The molecule has 2 aromatic carbocycles. The number of hydrogen-bond donors (Lipinski definition) is 2. The zero-order valence-electron chi connectivity index (χ0n) is 14.4. The maximum atomic E-state index is 13.2. The summed E-state index contributed by atoms with van der Waals surface area (Å²) in [6.45, 7) is 2.86. The smallest absolute Gasteiger partial charge is 0.319 e. The van der Waals surface area contributed by atoms with Gasteiger partial charge in [-0.05, 0) is 49.4 Å². The number of anilines is 2. The molecule has 6 nitrogen and oxygen atoms in total. The molecule has 2 N–H and O–H groups in total. The van der Waals surface area contributed by atoms with E-state index in [0.717, 1.165) is 11.4 Å². The van der Waals surface area contributed by atoms with Crippen molar-refractivity contribution >= 4 is 23.3 Å². The quantitative estimate of drug-likeness (QED) is 0.864. The molecule has 7 heteroatoms. The Morgan fingerprint density at radius 1 is 1.27 bits per heavy atom. The molecule has 0 spiro atoms. The maximum Gasteiger partial charge on any atom is 0.319 e. The van der Waals surface area contributed by atoms with Gasteiger partial charge in [0.05, 0.1) is 12.6 Å². The molecule has 0 unspecified atom stereocenters. The predicted octanol–water partition coefficient (Wildman–Crippen LogP) is 3.15. The second-order valence-electron chi connectivity index (χ2n) is 5.94. The van der Waals surface area contributed by atoms with Crippen LogP contribution in [-0.4, -0.2) is 31.1 Å². The highest BCUT2D eigenvalue weighted by Crippen LogP contribution is 2.24. The van der Waals surface area contributed by atoms with E-state index in [1.54, 1.807) is 11.0 Å². The van der Waals surface area contributed by atoms with Gasteiger partial charge in [0.15, 0.2) is 0 Å². The Balaban J connectivity index is 1.58. The summed E-state index contributed by atoms with van der Waals surface area (Å²) < 4.78 is 18.6. The van der Waals surface area contributed by atoms with E-state index in [9.17, 15) is 14.0 Å². The minimum atomic E-state index is -0.470. The first-order chi connectivity index (χ1) is 12.5. The third-order valence-electron chi connectivity index (χ3n) is 4.00. The Bertz CT molecular complexity index is 795. The average molecular weight is 357 g/mol. The van der Waals surface area contributed by atoms with E-state index >= 15 is 0 Å². The summed E-state index contributed by atoms with van der Waals surface area (Å²) in [4.78, 5) is 25.9. The number of hydrogen-bond acceptors (Lipinski definition) is 3. The Kier molecular flexibility index (Phi) is 5.36. The monoisotopic (exact) mass is 357 g/mol. The molecule has 136 valence electrons. The summed E-state index contributed by atoms with van der Waals surface area (Å²) in [5.74, 6) is 0.248. The van der Waals surface area contributed by atoms with Gasteiger partial charge in [-0.25, -0.2) is 9.18 Å². The number of ether oxygens (including phenoxy) is 1. The van der Waals surface area contributed by atoms with Crippen LogP contribution < -0.4 is 20.3 Å². The van der Waals surface area contributed by atoms with Gasteiger partial charge in [-0.1, -0.05) is 6.07 Å². The van der Waals surface area contributed by atoms with E-state index in [1.807, 2.05) is 31.2 Å². The third-order valence-corrected chi connectivity index (χ3v) is 4.00. The first kappa shape index (κ1) is 17.7. The van der Waals surface area contributed by atoms with Crippen molar-refractivity contribution in [3.8, 4) is 5.75 Å². The molecule has 0 bridgehead atoms. The molecule has 0 saturated carbocycles. The van der Waals surface area contributed by atoms with Gasteiger partial charge >= 0.3 is 6.03 Å². The Hall–Kier alpha value is -3.09. The minimum Gasteiger partial charge on any atom is -0.494 e. The predicted molar refractivity (Wildman–Crippen MR) is 96.9 cm³/mol. The van der Waals surface area contributed by atoms with Crippen LogP contribution in [0, 0.1) is 5.82 Å². The largest absolute Gasteiger partial charge is 0.494 e. The van der Waals surface area contributed by atoms with Crippen molar-refractivity contribution in [2.24, 2.45) is 0 Å². The summed E-state index contributed by atoms with van der Waals surface area (Å²) in [5, 5.41) is 5.31. The third kappa shape index (κ3) is 4.30. The van der Waals surface area contributed by atoms with Crippen molar-refractivity contribution in [2.45, 2.75) is 19.4 Å². The zero-order valence-corrected chi connectivity index (χ0v) is 14.4. The highest BCUT2D eigenvalue weighted by molar-refractivity contribution is 5.97. The first-order valence-electron chi connectivity index (χ1n) is 8.41. The SMILES string of the molecule is CCOc1ccc(N2C[C@@H](NC(=O)Nc3cccc(F)c3)CC2=O)cc1. The number of carbonyl (C=O) groups is 2. The molecule has 1 aliphatic heterocycles. The van der Waals surface area contributed by atoms with Crippen molar-refractivity contribution in [2.75, 3.05) is 23.4 Å². The second-order valence-corrected chi connectivity index (χ2v) is 5.94. The molecule has 2 aromatic rings. The molecular formula is C19H20FN3O3. The molecule has 1 saturated heterocycles. The highest BCUT2D eigenvalue weighted by Gasteiger charge is 2.31. The van der Waals surface area contributed by atoms with Crippen molar-refractivity contribution in [3.05, 3.63) is 54.3 Å². The molecule has 0 aromatic heterocycles. The number of benzene rings is 2. The van der Waals surface area contributed by atoms with Gasteiger partial charge in [-0.2, -0.15) is 0 Å². The van der Waals surface area contributed by atoms with Crippen LogP contribution >= 0.6 is 0 Å². The summed E-state index contributed by atoms with van der Waals surface area (Å²) >= 11 is 0. The van der Waals surface area contributed by atoms with Gasteiger partial charge in [-0.15, -0.1) is 0 Å². The van der Waals surface area contributed by atoms with E-state index in [2.05, 4.69) is 10.6 Å². The molecule has 26 heavy (non-hydrogen) atoms. The number of amides is 3. The standard InChI is InChI=1S/C19H20FN3O3/c1-2-26-17-8-6-16(7-9-17)23-12-15(11-18(23)24)22-19(25)21-14-5-3-4-13(20)10-14/h3-10,15H,2,11-12H2,1H3,(H2,21,22,25)/t15-/m0/s1. The molecule has 1 fully saturated rings. The first-order valence-corrected chi connectivity index (χ1v) is 8.41. The van der Waals surface area contributed by atoms with Crippen LogP contribution in [0.2, 0.25) is 0 Å². The number of urea groups is 1. The van der Waals surface area contributed by atoms with E-state index in [-0.39, 0.29) is 18.4 Å². The van der Waals surface area contributed by atoms with Crippen LogP contribution in [-0.2, 0) is 4.79 Å². The molecule has 1 heterocycles. The van der Waals surface area contributed by atoms with Gasteiger partial charge in [0.1, 0.15) is 11.6 Å². The maximum absolute atomic E-state index is 13.2. The lowest BCUT2D eigenvalue weighted by Crippen LogP contribution is -2.39. The van der Waals surface area contributed by atoms with Gasteiger partial charge < -0.3 is 20.3 Å². The minimum absolute atomic E-state index is 0.0646. The van der Waals surface area contributed by atoms with E-state index in [1.165, 1.54) is 18.2 Å². The molecule has 3 rings (SSSR count). The number of carbonyl (C=O) groups excluding carboxylic acids is 2. The van der Waals surface area contributed by atoms with Crippen LogP contribution in [0.1, 0.15) is 13.3 Å². The van der Waals surface area contributed by atoms with E-state index in [4.69, 9.17) is 4.74 Å². The lowest BCUT2D eigenvalue weighted by Gasteiger charge is -2.18. The zero-order chi connectivity index (χ0) is 18.5. The number of halogens is 1. The topological polar surface area (TPSA) is 70.7 Å². The fraction of sp³-hybridized carbons (Fsp3) is 0.263. The van der Waals surface area contributed by atoms with Crippen molar-refractivity contribution in [1.29, 1.82) is 0 Å². The van der Waals surface area contributed by atoms with Crippen molar-refractivity contribution in [1.82, 2.24) is 5.32 Å². The molecule has 3 amide bonds. The highest BCUT2D eigenvalue weighted by atomic mass is 19.1. The van der Waals surface area contributed by atoms with E-state index in [0.29, 0.717) is 18.8 Å².